The van der Waals surface area contributed by atoms with Gasteiger partial charge in [0.15, 0.2) is 0 Å². The maximum Gasteiger partial charge on any atom is 0.216 e. The molecule has 0 saturated heterocycles. The minimum atomic E-state index is -0.327. The molecule has 1 unspecified atom stereocenters. The molecule has 1 atom stereocenters. The van der Waals surface area contributed by atoms with Crippen molar-refractivity contribution in [1.29, 1.82) is 0 Å². The molecule has 66 valence electrons. The van der Waals surface area contributed by atoms with Gasteiger partial charge in [0.25, 0.3) is 0 Å². The monoisotopic (exact) mass is 160 g/mol. The first-order valence-electron chi connectivity index (χ1n) is 3.76. The van der Waals surface area contributed by atoms with Crippen LogP contribution in [0.15, 0.2) is 0 Å². The van der Waals surface area contributed by atoms with Crippen molar-refractivity contribution < 1.29 is 9.90 Å². The molecule has 11 heavy (non-hydrogen) atoms. The molecule has 0 saturated carbocycles. The Kier molecular flexibility index (Phi) is 5.78. The fraction of sp³-hybridized carbons (Fsp3) is 0.857. The average Bonchev–Trinajstić information content (AvgIpc) is 1.85. The second-order valence-electron chi connectivity index (χ2n) is 2.54. The highest BCUT2D eigenvalue weighted by atomic mass is 16.3. The van der Waals surface area contributed by atoms with Crippen molar-refractivity contribution in [2.45, 2.75) is 20.0 Å². The predicted molar refractivity (Wildman–Crippen MR) is 43.2 cm³/mol. The summed E-state index contributed by atoms with van der Waals surface area (Å²) in [5.41, 5.74) is 0. The van der Waals surface area contributed by atoms with Gasteiger partial charge in [0.05, 0.1) is 6.10 Å². The molecule has 3 N–H and O–H groups in total. The van der Waals surface area contributed by atoms with Crippen molar-refractivity contribution in [3.8, 4) is 0 Å². The van der Waals surface area contributed by atoms with Crippen LogP contribution in [0.25, 0.3) is 0 Å². The van der Waals surface area contributed by atoms with E-state index in [0.29, 0.717) is 19.6 Å². The Balaban J connectivity index is 2.97. The van der Waals surface area contributed by atoms with Gasteiger partial charge in [-0.2, -0.15) is 0 Å². The van der Waals surface area contributed by atoms with E-state index in [-0.39, 0.29) is 12.0 Å². The van der Waals surface area contributed by atoms with Gasteiger partial charge < -0.3 is 15.7 Å². The van der Waals surface area contributed by atoms with Gasteiger partial charge in [0.1, 0.15) is 0 Å². The number of hydrogen-bond donors (Lipinski definition) is 3. The van der Waals surface area contributed by atoms with Crippen molar-refractivity contribution in [3.63, 3.8) is 0 Å². The van der Waals surface area contributed by atoms with Gasteiger partial charge in [0.2, 0.25) is 5.91 Å². The lowest BCUT2D eigenvalue weighted by molar-refractivity contribution is -0.118. The molecule has 4 heteroatoms. The number of aliphatic hydroxyl groups excluding tert-OH is 1. The van der Waals surface area contributed by atoms with E-state index in [0.717, 1.165) is 0 Å². The van der Waals surface area contributed by atoms with E-state index in [4.69, 9.17) is 5.11 Å². The number of aliphatic hydroxyl groups is 1. The Bertz CT molecular complexity index is 115. The highest BCUT2D eigenvalue weighted by molar-refractivity contribution is 5.72. The summed E-state index contributed by atoms with van der Waals surface area (Å²) >= 11 is 0. The van der Waals surface area contributed by atoms with Gasteiger partial charge in [-0.05, 0) is 6.92 Å². The smallest absolute Gasteiger partial charge is 0.216 e. The van der Waals surface area contributed by atoms with Crippen LogP contribution in [0.3, 0.4) is 0 Å². The molecule has 0 rings (SSSR count). The number of carbonyl (C=O) groups is 1. The summed E-state index contributed by atoms with van der Waals surface area (Å²) in [7, 11) is 0. The Morgan fingerprint density at radius 2 is 2.18 bits per heavy atom. The van der Waals surface area contributed by atoms with Gasteiger partial charge in [-0.25, -0.2) is 0 Å². The van der Waals surface area contributed by atoms with Crippen LogP contribution in [-0.4, -0.2) is 36.8 Å². The first-order chi connectivity index (χ1) is 5.13. The SMILES string of the molecule is CC(=O)NCCNCC(C)O. The molecule has 0 radical (unpaired) electrons. The fourth-order valence-corrected chi connectivity index (χ4v) is 0.638. The lowest BCUT2D eigenvalue weighted by Gasteiger charge is -2.06. The summed E-state index contributed by atoms with van der Waals surface area (Å²) in [5.74, 6) is -0.0242. The van der Waals surface area contributed by atoms with Crippen LogP contribution >= 0.6 is 0 Å². The molecule has 0 aliphatic carbocycles. The standard InChI is InChI=1S/C7H16N2O2/c1-6(10)5-8-3-4-9-7(2)11/h6,8,10H,3-5H2,1-2H3,(H,9,11). The van der Waals surface area contributed by atoms with Gasteiger partial charge >= 0.3 is 0 Å². The molecule has 0 aromatic carbocycles. The zero-order chi connectivity index (χ0) is 8.69. The fourth-order valence-electron chi connectivity index (χ4n) is 0.638. The number of amides is 1. The quantitative estimate of drug-likeness (QED) is 0.456. The molecule has 0 spiro atoms. The third-order valence-electron chi connectivity index (χ3n) is 1.12. The van der Waals surface area contributed by atoms with Crippen molar-refractivity contribution in [2.75, 3.05) is 19.6 Å². The van der Waals surface area contributed by atoms with Crippen LogP contribution in [0.4, 0.5) is 0 Å². The van der Waals surface area contributed by atoms with Crippen LogP contribution in [-0.2, 0) is 4.79 Å². The van der Waals surface area contributed by atoms with Crippen LogP contribution in [0.1, 0.15) is 13.8 Å². The maximum absolute atomic E-state index is 10.4. The molecule has 0 fully saturated rings. The van der Waals surface area contributed by atoms with Crippen molar-refractivity contribution in [1.82, 2.24) is 10.6 Å². The van der Waals surface area contributed by atoms with E-state index < -0.39 is 0 Å². The molecular formula is C7H16N2O2. The molecule has 0 bridgehead atoms. The predicted octanol–water partition coefficient (Wildman–Crippen LogP) is -0.907. The second kappa shape index (κ2) is 6.12. The molecule has 0 heterocycles. The molecule has 0 aliphatic rings. The molecular weight excluding hydrogens is 144 g/mol. The largest absolute Gasteiger partial charge is 0.392 e. The van der Waals surface area contributed by atoms with Gasteiger partial charge in [-0.3, -0.25) is 4.79 Å². The number of carbonyl (C=O) groups excluding carboxylic acids is 1. The summed E-state index contributed by atoms with van der Waals surface area (Å²) in [5, 5.41) is 14.4. The summed E-state index contributed by atoms with van der Waals surface area (Å²) in [4.78, 5) is 10.4. The highest BCUT2D eigenvalue weighted by Crippen LogP contribution is 1.72. The zero-order valence-electron chi connectivity index (χ0n) is 7.05. The van der Waals surface area contributed by atoms with Gasteiger partial charge in [-0.1, -0.05) is 0 Å². The summed E-state index contributed by atoms with van der Waals surface area (Å²) in [6.45, 7) is 5.08. The Morgan fingerprint density at radius 3 is 2.64 bits per heavy atom. The second-order valence-corrected chi connectivity index (χ2v) is 2.54. The van der Waals surface area contributed by atoms with Gasteiger partial charge in [0, 0.05) is 26.6 Å². The van der Waals surface area contributed by atoms with Crippen LogP contribution in [0.2, 0.25) is 0 Å². The lowest BCUT2D eigenvalue weighted by atomic mass is 10.4. The van der Waals surface area contributed by atoms with E-state index >= 15 is 0 Å². The Labute approximate surface area is 67.0 Å². The van der Waals surface area contributed by atoms with Crippen LogP contribution < -0.4 is 10.6 Å². The maximum atomic E-state index is 10.4. The van der Waals surface area contributed by atoms with Crippen molar-refractivity contribution in [2.24, 2.45) is 0 Å². The Hall–Kier alpha value is -0.610. The number of nitrogens with one attached hydrogen (secondary N) is 2. The molecule has 4 nitrogen and oxygen atoms in total. The first-order valence-corrected chi connectivity index (χ1v) is 3.76. The molecule has 0 aromatic rings. The van der Waals surface area contributed by atoms with Crippen molar-refractivity contribution >= 4 is 5.91 Å². The number of hydrogen-bond acceptors (Lipinski definition) is 3. The summed E-state index contributed by atoms with van der Waals surface area (Å²) in [6, 6.07) is 0. The summed E-state index contributed by atoms with van der Waals surface area (Å²) in [6.07, 6.45) is -0.327. The minimum absolute atomic E-state index is 0.0242. The lowest BCUT2D eigenvalue weighted by Crippen LogP contribution is -2.33. The van der Waals surface area contributed by atoms with E-state index in [1.54, 1.807) is 6.92 Å². The third-order valence-corrected chi connectivity index (χ3v) is 1.12. The first kappa shape index (κ1) is 10.4. The number of rotatable bonds is 5. The van der Waals surface area contributed by atoms with Crippen molar-refractivity contribution in [3.05, 3.63) is 0 Å². The minimum Gasteiger partial charge on any atom is -0.392 e. The molecule has 0 aliphatic heterocycles. The highest BCUT2D eigenvalue weighted by Gasteiger charge is 1.93. The van der Waals surface area contributed by atoms with E-state index in [1.807, 2.05) is 0 Å². The van der Waals surface area contributed by atoms with E-state index in [1.165, 1.54) is 6.92 Å². The van der Waals surface area contributed by atoms with E-state index in [2.05, 4.69) is 10.6 Å². The van der Waals surface area contributed by atoms with Crippen LogP contribution in [0.5, 0.6) is 0 Å². The van der Waals surface area contributed by atoms with Crippen LogP contribution in [0, 0.1) is 0 Å². The molecule has 0 aromatic heterocycles. The van der Waals surface area contributed by atoms with Gasteiger partial charge in [-0.15, -0.1) is 0 Å². The molecule has 1 amide bonds. The topological polar surface area (TPSA) is 61.4 Å². The third kappa shape index (κ3) is 9.39. The summed E-state index contributed by atoms with van der Waals surface area (Å²) < 4.78 is 0. The average molecular weight is 160 g/mol. The normalized spacial score (nSPS) is 12.6. The Morgan fingerprint density at radius 1 is 1.55 bits per heavy atom. The van der Waals surface area contributed by atoms with E-state index in [9.17, 15) is 4.79 Å². The zero-order valence-corrected chi connectivity index (χ0v) is 7.05.